The molecule has 0 bridgehead atoms. The van der Waals surface area contributed by atoms with Gasteiger partial charge >= 0.3 is 11.9 Å². The molecule has 1 aromatic carbocycles. The molecule has 148 valence electrons. The minimum Gasteiger partial charge on any atom is -0.465 e. The normalized spacial score (nSPS) is 11.3. The summed E-state index contributed by atoms with van der Waals surface area (Å²) in [5, 5.41) is 5.33. The van der Waals surface area contributed by atoms with Crippen LogP contribution in [0.3, 0.4) is 0 Å². The number of benzene rings is 1. The Morgan fingerprint density at radius 1 is 1.00 bits per heavy atom. The zero-order valence-corrected chi connectivity index (χ0v) is 16.0. The van der Waals surface area contributed by atoms with Gasteiger partial charge in [0.2, 0.25) is 0 Å². The first kappa shape index (κ1) is 22.1. The SMILES string of the molecule is CCCNC(=O)C[NH+](C)CC(=O)Nc1cc(C(=O)OC)ccc1C(=O)OC. The maximum Gasteiger partial charge on any atom is 0.339 e. The number of hydrogen-bond donors (Lipinski definition) is 3. The Morgan fingerprint density at radius 3 is 2.22 bits per heavy atom. The number of esters is 2. The first-order chi connectivity index (χ1) is 12.8. The van der Waals surface area contributed by atoms with Gasteiger partial charge in [-0.2, -0.15) is 0 Å². The molecule has 0 fully saturated rings. The van der Waals surface area contributed by atoms with E-state index in [0.717, 1.165) is 6.42 Å². The van der Waals surface area contributed by atoms with Crippen LogP contribution in [0, 0.1) is 0 Å². The number of methoxy groups -OCH3 is 2. The Hall–Kier alpha value is -2.94. The van der Waals surface area contributed by atoms with Crippen molar-refractivity contribution >= 4 is 29.4 Å². The van der Waals surface area contributed by atoms with E-state index in [1.807, 2.05) is 6.92 Å². The Balaban J connectivity index is 2.85. The average Bonchev–Trinajstić information content (AvgIpc) is 2.64. The lowest BCUT2D eigenvalue weighted by Crippen LogP contribution is -3.11. The van der Waals surface area contributed by atoms with Crippen molar-refractivity contribution in [2.24, 2.45) is 0 Å². The van der Waals surface area contributed by atoms with Gasteiger partial charge in [-0.25, -0.2) is 9.59 Å². The van der Waals surface area contributed by atoms with Crippen LogP contribution in [0.25, 0.3) is 0 Å². The molecule has 1 atom stereocenters. The monoisotopic (exact) mass is 380 g/mol. The fourth-order valence-corrected chi connectivity index (χ4v) is 2.31. The summed E-state index contributed by atoms with van der Waals surface area (Å²) in [5.74, 6) is -1.81. The van der Waals surface area contributed by atoms with Crippen molar-refractivity contribution in [1.29, 1.82) is 0 Å². The fourth-order valence-electron chi connectivity index (χ4n) is 2.31. The third kappa shape index (κ3) is 7.06. The summed E-state index contributed by atoms with van der Waals surface area (Å²) in [6, 6.07) is 4.13. The minimum absolute atomic E-state index is 0.00259. The molecule has 0 aliphatic rings. The summed E-state index contributed by atoms with van der Waals surface area (Å²) in [7, 11) is 4.16. The molecule has 1 unspecified atom stereocenters. The van der Waals surface area contributed by atoms with Gasteiger partial charge in [-0.15, -0.1) is 0 Å². The number of anilines is 1. The molecule has 1 rings (SSSR count). The first-order valence-electron chi connectivity index (χ1n) is 8.50. The molecule has 0 heterocycles. The molecule has 0 aromatic heterocycles. The minimum atomic E-state index is -0.652. The first-order valence-corrected chi connectivity index (χ1v) is 8.50. The van der Waals surface area contributed by atoms with Crippen molar-refractivity contribution in [1.82, 2.24) is 5.32 Å². The van der Waals surface area contributed by atoms with Crippen LogP contribution in [-0.2, 0) is 19.1 Å². The maximum atomic E-state index is 12.3. The second kappa shape index (κ2) is 10.9. The number of quaternary nitrogens is 1. The molecule has 3 N–H and O–H groups in total. The van der Waals surface area contributed by atoms with Gasteiger partial charge in [-0.05, 0) is 24.6 Å². The van der Waals surface area contributed by atoms with Gasteiger partial charge in [-0.3, -0.25) is 9.59 Å². The quantitative estimate of drug-likeness (QED) is 0.485. The number of amides is 2. The number of rotatable bonds is 9. The summed E-state index contributed by atoms with van der Waals surface area (Å²) in [6.07, 6.45) is 0.831. The van der Waals surface area contributed by atoms with Crippen LogP contribution in [-0.4, -0.2) is 64.7 Å². The molecular weight excluding hydrogens is 354 g/mol. The van der Waals surface area contributed by atoms with E-state index in [-0.39, 0.29) is 35.8 Å². The summed E-state index contributed by atoms with van der Waals surface area (Å²) in [6.45, 7) is 2.68. The van der Waals surface area contributed by atoms with E-state index in [0.29, 0.717) is 11.4 Å². The lowest BCUT2D eigenvalue weighted by Gasteiger charge is -2.15. The Morgan fingerprint density at radius 2 is 1.63 bits per heavy atom. The van der Waals surface area contributed by atoms with Crippen LogP contribution in [0.2, 0.25) is 0 Å². The number of likely N-dealkylation sites (N-methyl/N-ethyl adjacent to an activating group) is 1. The smallest absolute Gasteiger partial charge is 0.339 e. The van der Waals surface area contributed by atoms with Crippen LogP contribution in [0.5, 0.6) is 0 Å². The number of carbonyl (C=O) groups is 4. The summed E-state index contributed by atoms with van der Waals surface area (Å²) < 4.78 is 9.34. The van der Waals surface area contributed by atoms with E-state index >= 15 is 0 Å². The summed E-state index contributed by atoms with van der Waals surface area (Å²) in [5.41, 5.74) is 0.426. The standard InChI is InChI=1S/C18H25N3O6/c1-5-8-19-15(22)10-21(2)11-16(23)20-14-9-12(17(24)26-3)6-7-13(14)18(25)27-4/h6-7,9H,5,8,10-11H2,1-4H3,(H,19,22)(H,20,23)/p+1. The van der Waals surface area contributed by atoms with Gasteiger partial charge in [0.1, 0.15) is 0 Å². The van der Waals surface area contributed by atoms with E-state index in [4.69, 9.17) is 4.74 Å². The third-order valence-electron chi connectivity index (χ3n) is 3.62. The fraction of sp³-hybridized carbons (Fsp3) is 0.444. The Kier molecular flexibility index (Phi) is 8.94. The Labute approximate surface area is 158 Å². The highest BCUT2D eigenvalue weighted by Crippen LogP contribution is 2.19. The van der Waals surface area contributed by atoms with E-state index in [1.54, 1.807) is 7.05 Å². The number of hydrogen-bond acceptors (Lipinski definition) is 6. The summed E-state index contributed by atoms with van der Waals surface area (Å²) in [4.78, 5) is 48.3. The van der Waals surface area contributed by atoms with Gasteiger partial charge < -0.3 is 25.0 Å². The maximum absolute atomic E-state index is 12.3. The molecule has 0 aliphatic carbocycles. The van der Waals surface area contributed by atoms with E-state index in [1.165, 1.54) is 32.4 Å². The highest BCUT2D eigenvalue weighted by Gasteiger charge is 2.19. The van der Waals surface area contributed by atoms with Crippen LogP contribution in [0.4, 0.5) is 5.69 Å². The zero-order chi connectivity index (χ0) is 20.4. The highest BCUT2D eigenvalue weighted by atomic mass is 16.5. The molecular formula is C18H26N3O6+. The number of nitrogens with one attached hydrogen (secondary N) is 3. The molecule has 0 radical (unpaired) electrons. The number of carbonyl (C=O) groups excluding carboxylic acids is 4. The number of ether oxygens (including phenoxy) is 2. The van der Waals surface area contributed by atoms with E-state index in [2.05, 4.69) is 15.4 Å². The molecule has 9 heteroatoms. The lowest BCUT2D eigenvalue weighted by atomic mass is 10.1. The third-order valence-corrected chi connectivity index (χ3v) is 3.62. The lowest BCUT2D eigenvalue weighted by molar-refractivity contribution is -0.862. The van der Waals surface area contributed by atoms with Crippen molar-refractivity contribution < 1.29 is 33.6 Å². The molecule has 27 heavy (non-hydrogen) atoms. The summed E-state index contributed by atoms with van der Waals surface area (Å²) >= 11 is 0. The molecule has 9 nitrogen and oxygen atoms in total. The van der Waals surface area contributed by atoms with Crippen LogP contribution in [0.1, 0.15) is 34.1 Å². The molecule has 0 spiro atoms. The van der Waals surface area contributed by atoms with Crippen molar-refractivity contribution in [2.45, 2.75) is 13.3 Å². The van der Waals surface area contributed by atoms with E-state index < -0.39 is 17.8 Å². The predicted molar refractivity (Wildman–Crippen MR) is 97.7 cm³/mol. The second-order valence-corrected chi connectivity index (χ2v) is 5.95. The van der Waals surface area contributed by atoms with Crippen LogP contribution < -0.4 is 15.5 Å². The molecule has 0 saturated carbocycles. The van der Waals surface area contributed by atoms with Crippen molar-refractivity contribution in [3.8, 4) is 0 Å². The highest BCUT2D eigenvalue weighted by molar-refractivity contribution is 6.03. The average molecular weight is 380 g/mol. The van der Waals surface area contributed by atoms with Gasteiger partial charge in [0.15, 0.2) is 13.1 Å². The second-order valence-electron chi connectivity index (χ2n) is 5.95. The van der Waals surface area contributed by atoms with Crippen molar-refractivity contribution in [3.63, 3.8) is 0 Å². The van der Waals surface area contributed by atoms with Crippen LogP contribution in [0.15, 0.2) is 18.2 Å². The van der Waals surface area contributed by atoms with Gasteiger partial charge in [0, 0.05) is 6.54 Å². The van der Waals surface area contributed by atoms with Crippen LogP contribution >= 0.6 is 0 Å². The molecule has 0 saturated heterocycles. The topological polar surface area (TPSA) is 115 Å². The molecule has 1 aromatic rings. The zero-order valence-electron chi connectivity index (χ0n) is 16.0. The van der Waals surface area contributed by atoms with Crippen molar-refractivity contribution in [3.05, 3.63) is 29.3 Å². The Bertz CT molecular complexity index is 704. The van der Waals surface area contributed by atoms with Gasteiger partial charge in [0.05, 0.1) is 38.1 Å². The van der Waals surface area contributed by atoms with Gasteiger partial charge in [-0.1, -0.05) is 6.92 Å². The predicted octanol–water partition coefficient (Wildman–Crippen LogP) is -0.761. The van der Waals surface area contributed by atoms with Gasteiger partial charge in [0.25, 0.3) is 11.8 Å². The van der Waals surface area contributed by atoms with Crippen molar-refractivity contribution in [2.75, 3.05) is 46.2 Å². The molecule has 0 aliphatic heterocycles. The largest absolute Gasteiger partial charge is 0.465 e. The van der Waals surface area contributed by atoms with E-state index in [9.17, 15) is 19.2 Å². The molecule has 2 amide bonds.